The maximum Gasteiger partial charge on any atom is 0.150 e. The Bertz CT molecular complexity index is 447. The predicted molar refractivity (Wildman–Crippen MR) is 78.5 cm³/mol. The summed E-state index contributed by atoms with van der Waals surface area (Å²) in [5.41, 5.74) is 8.04. The zero-order chi connectivity index (χ0) is 13.4. The number of rotatable bonds is 3. The van der Waals surface area contributed by atoms with Crippen molar-refractivity contribution in [3.8, 4) is 0 Å². The Morgan fingerprint density at radius 3 is 2.68 bits per heavy atom. The lowest BCUT2D eigenvalue weighted by Gasteiger charge is -2.25. The first kappa shape index (κ1) is 12.8. The van der Waals surface area contributed by atoms with Crippen LogP contribution in [0, 0.1) is 6.92 Å². The lowest BCUT2D eigenvalue weighted by Crippen LogP contribution is -2.35. The molecule has 106 valence electrons. The molecule has 1 aromatic rings. The highest BCUT2D eigenvalue weighted by Gasteiger charge is 2.31. The molecule has 3 rings (SSSR count). The van der Waals surface area contributed by atoms with E-state index in [4.69, 9.17) is 5.73 Å². The topological polar surface area (TPSA) is 50.3 Å². The molecule has 19 heavy (non-hydrogen) atoms. The van der Waals surface area contributed by atoms with Gasteiger partial charge < -0.3 is 10.6 Å². The van der Waals surface area contributed by atoms with E-state index < -0.39 is 0 Å². The average molecular weight is 263 g/mol. The van der Waals surface area contributed by atoms with Crippen molar-refractivity contribution in [2.75, 3.05) is 36.8 Å². The van der Waals surface area contributed by atoms with Crippen molar-refractivity contribution in [1.29, 1.82) is 0 Å². The fourth-order valence-corrected chi connectivity index (χ4v) is 3.48. The van der Waals surface area contributed by atoms with Crippen LogP contribution in [-0.4, -0.2) is 46.9 Å². The normalized spacial score (nSPS) is 24.5. The van der Waals surface area contributed by atoms with Crippen molar-refractivity contribution in [3.05, 3.63) is 5.69 Å². The first-order valence-corrected chi connectivity index (χ1v) is 7.52. The molecule has 1 atom stereocenters. The summed E-state index contributed by atoms with van der Waals surface area (Å²) in [6.45, 7) is 9.78. The third kappa shape index (κ3) is 2.20. The van der Waals surface area contributed by atoms with E-state index in [1.54, 1.807) is 0 Å². The van der Waals surface area contributed by atoms with E-state index in [-0.39, 0.29) is 0 Å². The van der Waals surface area contributed by atoms with Gasteiger partial charge in [-0.15, -0.1) is 0 Å². The summed E-state index contributed by atoms with van der Waals surface area (Å²) in [5, 5.41) is 4.53. The van der Waals surface area contributed by atoms with Gasteiger partial charge in [-0.3, -0.25) is 4.90 Å². The standard InChI is InChI=1S/C14H25N5/c1-3-19-14(13(15)11(2)16-19)18-9-6-12(10-18)17-7-4-5-8-17/h12H,3-10,15H2,1-2H3. The van der Waals surface area contributed by atoms with Crippen LogP contribution in [0.1, 0.15) is 31.9 Å². The Balaban J connectivity index is 1.77. The highest BCUT2D eigenvalue weighted by atomic mass is 15.4. The third-order valence-electron chi connectivity index (χ3n) is 4.57. The van der Waals surface area contributed by atoms with Crippen molar-refractivity contribution in [2.45, 2.75) is 45.7 Å². The van der Waals surface area contributed by atoms with Gasteiger partial charge in [0.25, 0.3) is 0 Å². The molecule has 2 N–H and O–H groups in total. The highest BCUT2D eigenvalue weighted by Crippen LogP contribution is 2.31. The van der Waals surface area contributed by atoms with Crippen LogP contribution in [0.5, 0.6) is 0 Å². The van der Waals surface area contributed by atoms with E-state index in [1.807, 2.05) is 6.92 Å². The van der Waals surface area contributed by atoms with E-state index in [0.29, 0.717) is 6.04 Å². The monoisotopic (exact) mass is 263 g/mol. The summed E-state index contributed by atoms with van der Waals surface area (Å²) in [6.07, 6.45) is 3.99. The Labute approximate surface area is 115 Å². The minimum Gasteiger partial charge on any atom is -0.394 e. The van der Waals surface area contributed by atoms with Crippen molar-refractivity contribution < 1.29 is 0 Å². The summed E-state index contributed by atoms with van der Waals surface area (Å²) in [4.78, 5) is 5.08. The van der Waals surface area contributed by atoms with Gasteiger partial charge in [0.15, 0.2) is 5.82 Å². The molecule has 2 aliphatic heterocycles. The molecular weight excluding hydrogens is 238 g/mol. The number of hydrogen-bond acceptors (Lipinski definition) is 4. The van der Waals surface area contributed by atoms with Crippen molar-refractivity contribution >= 4 is 11.5 Å². The van der Waals surface area contributed by atoms with E-state index in [2.05, 4.69) is 26.5 Å². The van der Waals surface area contributed by atoms with Gasteiger partial charge in [-0.05, 0) is 46.2 Å². The second-order valence-corrected chi connectivity index (χ2v) is 5.77. The van der Waals surface area contributed by atoms with Crippen molar-refractivity contribution in [1.82, 2.24) is 14.7 Å². The molecule has 0 spiro atoms. The van der Waals surface area contributed by atoms with Crippen molar-refractivity contribution in [2.24, 2.45) is 0 Å². The summed E-state index contributed by atoms with van der Waals surface area (Å²) in [6, 6.07) is 0.711. The Morgan fingerprint density at radius 1 is 1.26 bits per heavy atom. The van der Waals surface area contributed by atoms with Crippen LogP contribution in [0.2, 0.25) is 0 Å². The zero-order valence-electron chi connectivity index (χ0n) is 12.1. The number of nitrogen functional groups attached to an aromatic ring is 1. The van der Waals surface area contributed by atoms with Gasteiger partial charge in [0.2, 0.25) is 0 Å². The second kappa shape index (κ2) is 5.04. The third-order valence-corrected chi connectivity index (χ3v) is 4.57. The molecule has 0 aliphatic carbocycles. The molecule has 2 aliphatic rings. The predicted octanol–water partition coefficient (Wildman–Crippen LogP) is 1.47. The Kier molecular flexibility index (Phi) is 3.39. The van der Waals surface area contributed by atoms with Crippen LogP contribution >= 0.6 is 0 Å². The van der Waals surface area contributed by atoms with Gasteiger partial charge in [-0.1, -0.05) is 0 Å². The van der Waals surface area contributed by atoms with Gasteiger partial charge in [0.05, 0.1) is 11.4 Å². The average Bonchev–Trinajstić information content (AvgIpc) is 3.10. The van der Waals surface area contributed by atoms with Crippen LogP contribution in [0.3, 0.4) is 0 Å². The first-order valence-electron chi connectivity index (χ1n) is 7.52. The molecule has 5 heteroatoms. The smallest absolute Gasteiger partial charge is 0.150 e. The maximum absolute atomic E-state index is 6.22. The van der Waals surface area contributed by atoms with Crippen LogP contribution in [0.4, 0.5) is 11.5 Å². The van der Waals surface area contributed by atoms with Gasteiger partial charge in [-0.25, -0.2) is 4.68 Å². The van der Waals surface area contributed by atoms with E-state index in [1.165, 1.54) is 32.4 Å². The van der Waals surface area contributed by atoms with Crippen LogP contribution < -0.4 is 10.6 Å². The quantitative estimate of drug-likeness (QED) is 0.897. The van der Waals surface area contributed by atoms with Gasteiger partial charge in [0.1, 0.15) is 0 Å². The minimum absolute atomic E-state index is 0.711. The summed E-state index contributed by atoms with van der Waals surface area (Å²) >= 11 is 0. The molecule has 0 saturated carbocycles. The van der Waals surface area contributed by atoms with Crippen LogP contribution in [0.15, 0.2) is 0 Å². The zero-order valence-corrected chi connectivity index (χ0v) is 12.1. The van der Waals surface area contributed by atoms with Gasteiger partial charge in [-0.2, -0.15) is 5.10 Å². The van der Waals surface area contributed by atoms with Gasteiger partial charge >= 0.3 is 0 Å². The number of nitrogens with two attached hydrogens (primary N) is 1. The van der Waals surface area contributed by atoms with Crippen molar-refractivity contribution in [3.63, 3.8) is 0 Å². The lowest BCUT2D eigenvalue weighted by atomic mass is 10.2. The summed E-state index contributed by atoms with van der Waals surface area (Å²) < 4.78 is 2.05. The number of hydrogen-bond donors (Lipinski definition) is 1. The summed E-state index contributed by atoms with van der Waals surface area (Å²) in [5.74, 6) is 1.14. The number of aromatic nitrogens is 2. The number of anilines is 2. The minimum atomic E-state index is 0.711. The Hall–Kier alpha value is -1.23. The molecule has 1 aromatic heterocycles. The molecular formula is C14H25N5. The SMILES string of the molecule is CCn1nc(C)c(N)c1N1CCC(N2CCCC2)C1. The molecule has 2 saturated heterocycles. The maximum atomic E-state index is 6.22. The van der Waals surface area contributed by atoms with E-state index >= 15 is 0 Å². The number of likely N-dealkylation sites (tertiary alicyclic amines) is 1. The highest BCUT2D eigenvalue weighted by molar-refractivity contribution is 5.66. The van der Waals surface area contributed by atoms with E-state index in [0.717, 1.165) is 36.8 Å². The molecule has 5 nitrogen and oxygen atoms in total. The molecule has 2 fully saturated rings. The molecule has 0 bridgehead atoms. The summed E-state index contributed by atoms with van der Waals surface area (Å²) in [7, 11) is 0. The van der Waals surface area contributed by atoms with Crippen LogP contribution in [0.25, 0.3) is 0 Å². The van der Waals surface area contributed by atoms with Gasteiger partial charge in [0, 0.05) is 25.7 Å². The fourth-order valence-electron chi connectivity index (χ4n) is 3.48. The fraction of sp³-hybridized carbons (Fsp3) is 0.786. The number of nitrogens with zero attached hydrogens (tertiary/aromatic N) is 4. The second-order valence-electron chi connectivity index (χ2n) is 5.77. The lowest BCUT2D eigenvalue weighted by molar-refractivity contribution is 0.260. The molecule has 1 unspecified atom stereocenters. The largest absolute Gasteiger partial charge is 0.394 e. The molecule has 3 heterocycles. The molecule has 0 amide bonds. The molecule has 0 radical (unpaired) electrons. The number of aryl methyl sites for hydroxylation is 2. The first-order chi connectivity index (χ1) is 9.20. The molecule has 0 aromatic carbocycles. The Morgan fingerprint density at radius 2 is 2.00 bits per heavy atom. The van der Waals surface area contributed by atoms with E-state index in [9.17, 15) is 0 Å². The van der Waals surface area contributed by atoms with Crippen LogP contribution in [-0.2, 0) is 6.54 Å².